The third-order valence-corrected chi connectivity index (χ3v) is 7.21. The molecule has 5 rings (SSSR count). The van der Waals surface area contributed by atoms with E-state index in [0.717, 1.165) is 23.5 Å². The van der Waals surface area contributed by atoms with Crippen molar-refractivity contribution < 1.29 is 37.1 Å². The molecule has 10 heteroatoms. The summed E-state index contributed by atoms with van der Waals surface area (Å²) in [6, 6.07) is 11.9. The van der Waals surface area contributed by atoms with Crippen molar-refractivity contribution in [2.75, 3.05) is 11.9 Å². The van der Waals surface area contributed by atoms with E-state index in [-0.39, 0.29) is 18.3 Å². The molecule has 2 aliphatic carbocycles. The molecule has 1 N–H and O–H groups in total. The number of carbonyl (C=O) groups excluding carboxylic acids is 4. The van der Waals surface area contributed by atoms with Crippen molar-refractivity contribution >= 4 is 29.4 Å². The number of allylic oxidation sites excluding steroid dienone is 2. The number of rotatable bonds is 7. The Labute approximate surface area is 210 Å². The zero-order valence-corrected chi connectivity index (χ0v) is 19.5. The molecular formula is C27H23F3N2O5. The monoisotopic (exact) mass is 512 g/mol. The Balaban J connectivity index is 1.32. The molecular weight excluding hydrogens is 489 g/mol. The predicted molar refractivity (Wildman–Crippen MR) is 125 cm³/mol. The van der Waals surface area contributed by atoms with Crippen molar-refractivity contribution in [1.82, 2.24) is 4.90 Å². The summed E-state index contributed by atoms with van der Waals surface area (Å²) in [5.41, 5.74) is -0.844. The van der Waals surface area contributed by atoms with Crippen LogP contribution in [0.15, 0.2) is 66.7 Å². The normalized spacial score (nSPS) is 24.8. The lowest BCUT2D eigenvalue weighted by Crippen LogP contribution is -2.48. The first-order chi connectivity index (χ1) is 17.6. The van der Waals surface area contributed by atoms with Crippen LogP contribution in [0.4, 0.5) is 18.9 Å². The standard InChI is InChI=1S/C27H23F3N2O5/c28-27(29,30)18-8-4-5-9-19(18)31-21(33)14-37-26(36)20(12-15-6-2-1-3-7-15)32-24(34)22-16-10-11-17(13-16)23(22)25(32)35/h1-11,16-17,20,22-23H,12-14H2,(H,31,33)/t16-,17-,20-,22+,23+/m0/s1. The summed E-state index contributed by atoms with van der Waals surface area (Å²) in [6.07, 6.45) is -0.0988. The van der Waals surface area contributed by atoms with E-state index in [9.17, 15) is 32.3 Å². The SMILES string of the molecule is O=C(COC(=O)[C@H](Cc1ccccc1)N1C(=O)[C@H]2[C@H](C1=O)[C@H]1C=C[C@H]2C1)Nc1ccccc1C(F)(F)F. The Morgan fingerprint density at radius 3 is 2.16 bits per heavy atom. The molecule has 3 amide bonds. The minimum Gasteiger partial charge on any atom is -0.454 e. The summed E-state index contributed by atoms with van der Waals surface area (Å²) in [4.78, 5) is 53.1. The average Bonchev–Trinajstić information content (AvgIpc) is 3.55. The summed E-state index contributed by atoms with van der Waals surface area (Å²) in [5, 5.41) is 2.11. The number of nitrogens with one attached hydrogen (secondary N) is 1. The van der Waals surface area contributed by atoms with E-state index in [2.05, 4.69) is 5.32 Å². The van der Waals surface area contributed by atoms with Crippen LogP contribution in [0.3, 0.4) is 0 Å². The third kappa shape index (κ3) is 4.63. The molecule has 1 heterocycles. The van der Waals surface area contributed by atoms with Crippen molar-refractivity contribution in [1.29, 1.82) is 0 Å². The van der Waals surface area contributed by atoms with Gasteiger partial charge in [0.2, 0.25) is 11.8 Å². The fraction of sp³-hybridized carbons (Fsp3) is 0.333. The van der Waals surface area contributed by atoms with Crippen LogP contribution in [-0.4, -0.2) is 41.2 Å². The fourth-order valence-corrected chi connectivity index (χ4v) is 5.61. The number of para-hydroxylation sites is 1. The number of alkyl halides is 3. The number of imide groups is 1. The first-order valence-electron chi connectivity index (χ1n) is 11.9. The number of hydrogen-bond acceptors (Lipinski definition) is 5. The molecule has 0 spiro atoms. The number of anilines is 1. The zero-order valence-electron chi connectivity index (χ0n) is 19.5. The second-order valence-electron chi connectivity index (χ2n) is 9.45. The van der Waals surface area contributed by atoms with Crippen LogP contribution in [0.1, 0.15) is 17.5 Å². The molecule has 1 aliphatic heterocycles. The lowest BCUT2D eigenvalue weighted by atomic mass is 9.85. The summed E-state index contributed by atoms with van der Waals surface area (Å²) >= 11 is 0. The number of fused-ring (bicyclic) bond motifs is 5. The van der Waals surface area contributed by atoms with Gasteiger partial charge in [0.1, 0.15) is 6.04 Å². The van der Waals surface area contributed by atoms with Crippen LogP contribution in [-0.2, 0) is 36.5 Å². The summed E-state index contributed by atoms with van der Waals surface area (Å²) in [5.74, 6) is -3.98. The third-order valence-electron chi connectivity index (χ3n) is 7.21. The van der Waals surface area contributed by atoms with Gasteiger partial charge in [0.05, 0.1) is 23.1 Å². The molecule has 2 bridgehead atoms. The van der Waals surface area contributed by atoms with E-state index in [1.165, 1.54) is 12.1 Å². The van der Waals surface area contributed by atoms with Crippen LogP contribution in [0.5, 0.6) is 0 Å². The van der Waals surface area contributed by atoms with Gasteiger partial charge < -0.3 is 10.1 Å². The van der Waals surface area contributed by atoms with Gasteiger partial charge in [0.15, 0.2) is 6.61 Å². The van der Waals surface area contributed by atoms with Gasteiger partial charge in [-0.1, -0.05) is 54.6 Å². The molecule has 2 aromatic carbocycles. The Morgan fingerprint density at radius 2 is 1.54 bits per heavy atom. The quantitative estimate of drug-likeness (QED) is 0.348. The largest absolute Gasteiger partial charge is 0.454 e. The van der Waals surface area contributed by atoms with Gasteiger partial charge in [-0.15, -0.1) is 0 Å². The number of esters is 1. The number of likely N-dealkylation sites (tertiary alicyclic amines) is 1. The van der Waals surface area contributed by atoms with Gasteiger partial charge in [-0.25, -0.2) is 4.79 Å². The van der Waals surface area contributed by atoms with Crippen molar-refractivity contribution in [2.45, 2.75) is 25.1 Å². The lowest BCUT2D eigenvalue weighted by Gasteiger charge is -2.26. The molecule has 2 fully saturated rings. The van der Waals surface area contributed by atoms with Gasteiger partial charge in [-0.05, 0) is 36.0 Å². The van der Waals surface area contributed by atoms with E-state index in [0.29, 0.717) is 5.56 Å². The highest BCUT2D eigenvalue weighted by molar-refractivity contribution is 6.09. The number of halogens is 3. The molecule has 0 aromatic heterocycles. The van der Waals surface area contributed by atoms with Crippen LogP contribution < -0.4 is 5.32 Å². The molecule has 1 saturated heterocycles. The minimum atomic E-state index is -4.69. The molecule has 192 valence electrons. The van der Waals surface area contributed by atoms with Gasteiger partial charge in [-0.3, -0.25) is 19.3 Å². The Kier molecular flexibility index (Phi) is 6.35. The Morgan fingerprint density at radius 1 is 0.946 bits per heavy atom. The zero-order chi connectivity index (χ0) is 26.3. The fourth-order valence-electron chi connectivity index (χ4n) is 5.61. The van der Waals surface area contributed by atoms with E-state index < -0.39 is 65.6 Å². The summed E-state index contributed by atoms with van der Waals surface area (Å²) in [6.45, 7) is -0.883. The van der Waals surface area contributed by atoms with Crippen LogP contribution in [0.25, 0.3) is 0 Å². The lowest BCUT2D eigenvalue weighted by molar-refractivity contribution is -0.160. The summed E-state index contributed by atoms with van der Waals surface area (Å²) < 4.78 is 44.8. The molecule has 7 nitrogen and oxygen atoms in total. The molecule has 3 aliphatic rings. The highest BCUT2D eigenvalue weighted by Gasteiger charge is 2.61. The second-order valence-corrected chi connectivity index (χ2v) is 9.45. The number of nitrogens with zero attached hydrogens (tertiary/aromatic N) is 1. The molecule has 0 radical (unpaired) electrons. The Bertz CT molecular complexity index is 1250. The first kappa shape index (κ1) is 24.7. The van der Waals surface area contributed by atoms with Crippen molar-refractivity contribution in [2.24, 2.45) is 23.7 Å². The van der Waals surface area contributed by atoms with Gasteiger partial charge in [-0.2, -0.15) is 13.2 Å². The number of ether oxygens (including phenoxy) is 1. The maximum absolute atomic E-state index is 13.3. The van der Waals surface area contributed by atoms with Crippen molar-refractivity contribution in [3.8, 4) is 0 Å². The number of carbonyl (C=O) groups is 4. The van der Waals surface area contributed by atoms with E-state index in [1.807, 2.05) is 12.2 Å². The van der Waals surface area contributed by atoms with E-state index in [1.54, 1.807) is 30.3 Å². The summed E-state index contributed by atoms with van der Waals surface area (Å²) in [7, 11) is 0. The van der Waals surface area contributed by atoms with Crippen LogP contribution in [0, 0.1) is 23.7 Å². The number of benzene rings is 2. The number of hydrogen-bond donors (Lipinski definition) is 1. The van der Waals surface area contributed by atoms with Crippen molar-refractivity contribution in [3.63, 3.8) is 0 Å². The minimum absolute atomic E-state index is 0.0160. The smallest absolute Gasteiger partial charge is 0.418 e. The van der Waals surface area contributed by atoms with E-state index in [4.69, 9.17) is 4.74 Å². The molecule has 1 saturated carbocycles. The maximum Gasteiger partial charge on any atom is 0.418 e. The van der Waals surface area contributed by atoms with Crippen LogP contribution in [0.2, 0.25) is 0 Å². The number of amides is 3. The second kappa shape index (κ2) is 9.49. The van der Waals surface area contributed by atoms with E-state index >= 15 is 0 Å². The highest BCUT2D eigenvalue weighted by Crippen LogP contribution is 2.53. The average molecular weight is 512 g/mol. The maximum atomic E-state index is 13.3. The van der Waals surface area contributed by atoms with Crippen LogP contribution >= 0.6 is 0 Å². The highest BCUT2D eigenvalue weighted by atomic mass is 19.4. The Hall–Kier alpha value is -3.95. The van der Waals surface area contributed by atoms with Gasteiger partial charge in [0, 0.05) is 6.42 Å². The van der Waals surface area contributed by atoms with Crippen molar-refractivity contribution in [3.05, 3.63) is 77.9 Å². The molecule has 2 aromatic rings. The molecule has 0 unspecified atom stereocenters. The predicted octanol–water partition coefficient (Wildman–Crippen LogP) is 3.61. The topological polar surface area (TPSA) is 92.8 Å². The molecule has 5 atom stereocenters. The van der Waals surface area contributed by atoms with Gasteiger partial charge >= 0.3 is 12.1 Å². The molecule has 37 heavy (non-hydrogen) atoms. The first-order valence-corrected chi connectivity index (χ1v) is 11.9. The van der Waals surface area contributed by atoms with Gasteiger partial charge in [0.25, 0.3) is 5.91 Å².